The monoisotopic (exact) mass is 260 g/mol. The topological polar surface area (TPSA) is 43.1 Å². The lowest BCUT2D eigenvalue weighted by Gasteiger charge is -2.01. The quantitative estimate of drug-likeness (QED) is 0.664. The van der Waals surface area contributed by atoms with Gasteiger partial charge in [0.25, 0.3) is 0 Å². The molecular weight excluding hydrogens is 251 g/mol. The van der Waals surface area contributed by atoms with Gasteiger partial charge in [-0.05, 0) is 24.5 Å². The summed E-state index contributed by atoms with van der Waals surface area (Å²) in [4.78, 5) is 9.19. The van der Waals surface area contributed by atoms with Crippen molar-refractivity contribution in [1.29, 1.82) is 0 Å². The van der Waals surface area contributed by atoms with Crippen LogP contribution in [0.3, 0.4) is 0 Å². The maximum absolute atomic E-state index is 13.8. The van der Waals surface area contributed by atoms with Gasteiger partial charge in [-0.3, -0.25) is 0 Å². The summed E-state index contributed by atoms with van der Waals surface area (Å²) < 4.78 is 15.4. The molecule has 0 N–H and O–H groups in total. The largest absolute Gasteiger partial charge is 0.239 e. The molecule has 0 bridgehead atoms. The number of nitrogens with zero attached hydrogens (tertiary/aromatic N) is 4. The molecular formula is C12H9FN4S. The predicted molar refractivity (Wildman–Crippen MR) is 68.0 cm³/mol. The van der Waals surface area contributed by atoms with E-state index in [1.54, 1.807) is 40.8 Å². The van der Waals surface area contributed by atoms with E-state index >= 15 is 0 Å². The number of fused-ring (bicyclic) bond motifs is 1. The van der Waals surface area contributed by atoms with Crippen LogP contribution < -0.4 is 0 Å². The van der Waals surface area contributed by atoms with E-state index < -0.39 is 0 Å². The Labute approximate surface area is 107 Å². The highest BCUT2D eigenvalue weighted by molar-refractivity contribution is 7.98. The molecule has 0 aliphatic carbocycles. The van der Waals surface area contributed by atoms with Gasteiger partial charge in [0, 0.05) is 10.5 Å². The zero-order chi connectivity index (χ0) is 12.5. The van der Waals surface area contributed by atoms with Crippen molar-refractivity contribution in [2.24, 2.45) is 0 Å². The second kappa shape index (κ2) is 4.38. The third-order valence-electron chi connectivity index (χ3n) is 2.60. The number of benzene rings is 1. The van der Waals surface area contributed by atoms with Crippen LogP contribution in [0.4, 0.5) is 4.39 Å². The molecule has 0 amide bonds. The van der Waals surface area contributed by atoms with Gasteiger partial charge in [-0.2, -0.15) is 5.10 Å². The molecule has 0 radical (unpaired) electrons. The molecule has 0 unspecified atom stereocenters. The van der Waals surface area contributed by atoms with Crippen molar-refractivity contribution in [2.45, 2.75) is 4.90 Å². The highest BCUT2D eigenvalue weighted by Gasteiger charge is 2.10. The minimum atomic E-state index is -0.288. The van der Waals surface area contributed by atoms with Crippen molar-refractivity contribution in [2.75, 3.05) is 6.26 Å². The standard InChI is InChI=1S/C12H9FN4S/c1-18-8-2-3-10(13)9(4-8)11-6-17-12(16-11)5-14-7-15-17/h2-7H,1H3. The van der Waals surface area contributed by atoms with Crippen LogP contribution in [0.2, 0.25) is 0 Å². The highest BCUT2D eigenvalue weighted by atomic mass is 32.2. The minimum Gasteiger partial charge on any atom is -0.239 e. The SMILES string of the molecule is CSc1ccc(F)c(-c2cn3ncncc3n2)c1. The zero-order valence-corrected chi connectivity index (χ0v) is 10.4. The Morgan fingerprint density at radius 3 is 3.00 bits per heavy atom. The van der Waals surface area contributed by atoms with Crippen molar-refractivity contribution in [1.82, 2.24) is 19.6 Å². The molecule has 4 nitrogen and oxygen atoms in total. The van der Waals surface area contributed by atoms with Crippen molar-refractivity contribution in [3.8, 4) is 11.3 Å². The minimum absolute atomic E-state index is 0.288. The second-order valence-electron chi connectivity index (χ2n) is 3.68. The summed E-state index contributed by atoms with van der Waals surface area (Å²) in [6.45, 7) is 0. The van der Waals surface area contributed by atoms with Crippen molar-refractivity contribution >= 4 is 17.4 Å². The normalized spacial score (nSPS) is 11.0. The molecule has 2 heterocycles. The fraction of sp³-hybridized carbons (Fsp3) is 0.0833. The molecule has 1 aromatic carbocycles. The predicted octanol–water partition coefficient (Wildman–Crippen LogP) is 2.65. The number of hydrogen-bond donors (Lipinski definition) is 0. The molecule has 0 saturated carbocycles. The van der Waals surface area contributed by atoms with Gasteiger partial charge < -0.3 is 0 Å². The van der Waals surface area contributed by atoms with Crippen LogP contribution in [0.5, 0.6) is 0 Å². The Morgan fingerprint density at radius 1 is 1.33 bits per heavy atom. The molecule has 3 aromatic rings. The number of imidazole rings is 1. The summed E-state index contributed by atoms with van der Waals surface area (Å²) in [7, 11) is 0. The van der Waals surface area contributed by atoms with E-state index in [1.807, 2.05) is 6.26 Å². The highest BCUT2D eigenvalue weighted by Crippen LogP contribution is 2.26. The van der Waals surface area contributed by atoms with Gasteiger partial charge in [-0.1, -0.05) is 0 Å². The molecule has 6 heteroatoms. The third kappa shape index (κ3) is 1.84. The van der Waals surface area contributed by atoms with Crippen LogP contribution >= 0.6 is 11.8 Å². The summed E-state index contributed by atoms with van der Waals surface area (Å²) >= 11 is 1.56. The summed E-state index contributed by atoms with van der Waals surface area (Å²) in [5.74, 6) is -0.288. The third-order valence-corrected chi connectivity index (χ3v) is 3.32. The first kappa shape index (κ1) is 11.2. The summed E-state index contributed by atoms with van der Waals surface area (Å²) in [5.41, 5.74) is 1.64. The van der Waals surface area contributed by atoms with Crippen LogP contribution in [-0.4, -0.2) is 25.8 Å². The first-order chi connectivity index (χ1) is 8.78. The molecule has 0 aliphatic rings. The van der Waals surface area contributed by atoms with Crippen molar-refractivity contribution < 1.29 is 4.39 Å². The second-order valence-corrected chi connectivity index (χ2v) is 4.56. The van der Waals surface area contributed by atoms with E-state index in [0.29, 0.717) is 16.9 Å². The van der Waals surface area contributed by atoms with Gasteiger partial charge in [0.2, 0.25) is 0 Å². The number of halogens is 1. The fourth-order valence-electron chi connectivity index (χ4n) is 1.71. The van der Waals surface area contributed by atoms with E-state index in [0.717, 1.165) is 4.90 Å². The lowest BCUT2D eigenvalue weighted by Crippen LogP contribution is -1.88. The average molecular weight is 260 g/mol. The molecule has 0 aliphatic heterocycles. The Morgan fingerprint density at radius 2 is 2.22 bits per heavy atom. The Hall–Kier alpha value is -1.95. The first-order valence-corrected chi connectivity index (χ1v) is 6.50. The molecule has 90 valence electrons. The van der Waals surface area contributed by atoms with Gasteiger partial charge in [0.1, 0.15) is 12.1 Å². The number of thioether (sulfide) groups is 1. The van der Waals surface area contributed by atoms with E-state index in [-0.39, 0.29) is 5.82 Å². The van der Waals surface area contributed by atoms with Gasteiger partial charge in [0.05, 0.1) is 18.1 Å². The van der Waals surface area contributed by atoms with Crippen molar-refractivity contribution in [3.63, 3.8) is 0 Å². The lowest BCUT2D eigenvalue weighted by molar-refractivity contribution is 0.629. The lowest BCUT2D eigenvalue weighted by atomic mass is 10.1. The van der Waals surface area contributed by atoms with Crippen LogP contribution in [0, 0.1) is 5.82 Å². The Balaban J connectivity index is 2.19. The van der Waals surface area contributed by atoms with E-state index in [4.69, 9.17) is 0 Å². The van der Waals surface area contributed by atoms with Crippen LogP contribution in [0.1, 0.15) is 0 Å². The van der Waals surface area contributed by atoms with Gasteiger partial charge in [0.15, 0.2) is 5.65 Å². The molecule has 2 aromatic heterocycles. The fourth-order valence-corrected chi connectivity index (χ4v) is 2.15. The summed E-state index contributed by atoms with van der Waals surface area (Å²) in [5, 5.41) is 4.02. The smallest absolute Gasteiger partial charge is 0.172 e. The molecule has 3 rings (SSSR count). The van der Waals surface area contributed by atoms with Gasteiger partial charge in [-0.25, -0.2) is 18.9 Å². The molecule has 0 saturated heterocycles. The summed E-state index contributed by atoms with van der Waals surface area (Å²) in [6.07, 6.45) is 6.66. The van der Waals surface area contributed by atoms with E-state index in [1.165, 1.54) is 12.4 Å². The van der Waals surface area contributed by atoms with E-state index in [9.17, 15) is 4.39 Å². The Bertz CT molecular complexity index is 677. The maximum Gasteiger partial charge on any atom is 0.172 e. The van der Waals surface area contributed by atoms with Crippen LogP contribution in [0.25, 0.3) is 16.9 Å². The molecule has 18 heavy (non-hydrogen) atoms. The summed E-state index contributed by atoms with van der Waals surface area (Å²) in [6, 6.07) is 4.99. The van der Waals surface area contributed by atoms with E-state index in [2.05, 4.69) is 15.1 Å². The zero-order valence-electron chi connectivity index (χ0n) is 9.54. The number of hydrogen-bond acceptors (Lipinski definition) is 4. The number of aromatic nitrogens is 4. The number of rotatable bonds is 2. The average Bonchev–Trinajstić information content (AvgIpc) is 2.82. The molecule has 0 spiro atoms. The van der Waals surface area contributed by atoms with Crippen LogP contribution in [0.15, 0.2) is 41.8 Å². The molecule has 0 fully saturated rings. The Kier molecular flexibility index (Phi) is 2.71. The van der Waals surface area contributed by atoms with Crippen molar-refractivity contribution in [3.05, 3.63) is 42.7 Å². The first-order valence-electron chi connectivity index (χ1n) is 5.27. The van der Waals surface area contributed by atoms with Gasteiger partial charge in [-0.15, -0.1) is 11.8 Å². The van der Waals surface area contributed by atoms with Crippen LogP contribution in [-0.2, 0) is 0 Å². The van der Waals surface area contributed by atoms with Gasteiger partial charge >= 0.3 is 0 Å². The maximum atomic E-state index is 13.8. The molecule has 0 atom stereocenters.